The quantitative estimate of drug-likeness (QED) is 0.333. The van der Waals surface area contributed by atoms with Crippen molar-refractivity contribution in [3.63, 3.8) is 0 Å². The number of hydrogen-bond acceptors (Lipinski definition) is 9. The van der Waals surface area contributed by atoms with Gasteiger partial charge in [-0.1, -0.05) is 11.6 Å². The van der Waals surface area contributed by atoms with Crippen LogP contribution in [0.1, 0.15) is 51.1 Å². The number of carbonyl (C=O) groups is 1. The predicted molar refractivity (Wildman–Crippen MR) is 138 cm³/mol. The third kappa shape index (κ3) is 5.07. The molecule has 1 aromatic carbocycles. The van der Waals surface area contributed by atoms with Gasteiger partial charge in [-0.05, 0) is 12.5 Å². The summed E-state index contributed by atoms with van der Waals surface area (Å²) < 4.78 is 75.3. The van der Waals surface area contributed by atoms with Crippen LogP contribution in [0.3, 0.4) is 0 Å². The topological polar surface area (TPSA) is 130 Å². The maximum Gasteiger partial charge on any atom is 0.418 e. The van der Waals surface area contributed by atoms with E-state index in [9.17, 15) is 18.0 Å². The highest BCUT2D eigenvalue weighted by Crippen LogP contribution is 2.46. The predicted octanol–water partition coefficient (Wildman–Crippen LogP) is 3.67. The number of ether oxygens (including phenoxy) is 3. The summed E-state index contributed by atoms with van der Waals surface area (Å²) in [5, 5.41) is 6.24. The van der Waals surface area contributed by atoms with Crippen molar-refractivity contribution < 1.29 is 36.6 Å². The summed E-state index contributed by atoms with van der Waals surface area (Å²) in [5.41, 5.74) is 4.58. The van der Waals surface area contributed by atoms with Crippen molar-refractivity contribution in [2.24, 2.45) is 0 Å². The largest absolute Gasteiger partial charge is 0.492 e. The minimum Gasteiger partial charge on any atom is -0.492 e. The first-order chi connectivity index (χ1) is 19.5. The van der Waals surface area contributed by atoms with Gasteiger partial charge in [0.15, 0.2) is 17.3 Å². The summed E-state index contributed by atoms with van der Waals surface area (Å²) in [4.78, 5) is 23.2. The van der Waals surface area contributed by atoms with E-state index in [1.165, 1.54) is 21.3 Å². The number of alkyl halides is 3. The molecule has 41 heavy (non-hydrogen) atoms. The van der Waals surface area contributed by atoms with Crippen molar-refractivity contribution in [3.8, 4) is 11.8 Å². The molecule has 2 aromatic heterocycles. The van der Waals surface area contributed by atoms with Crippen molar-refractivity contribution >= 4 is 29.0 Å². The van der Waals surface area contributed by atoms with E-state index in [0.29, 0.717) is 48.0 Å². The number of fused-ring (bicyclic) bond motifs is 2. The van der Waals surface area contributed by atoms with Crippen molar-refractivity contribution in [1.82, 2.24) is 25.1 Å². The zero-order valence-corrected chi connectivity index (χ0v) is 23.0. The Morgan fingerprint density at radius 2 is 2.00 bits per heavy atom. The number of nitrogens with one attached hydrogen (secondary N) is 1. The fourth-order valence-corrected chi connectivity index (χ4v) is 5.50. The van der Waals surface area contributed by atoms with Crippen molar-refractivity contribution in [1.29, 1.82) is 0 Å². The SMILES string of the molecule is CNC(=O)c1nn2c(c1OC)CN(c1nc(OC)nc3c1COC(c1c(F)c(N)cc(Cl)c1C(F)(F)F)C3)CCC2. The van der Waals surface area contributed by atoms with E-state index in [4.69, 9.17) is 31.5 Å². The molecule has 0 saturated carbocycles. The zero-order chi connectivity index (χ0) is 29.6. The lowest BCUT2D eigenvalue weighted by Gasteiger charge is -2.31. The monoisotopic (exact) mass is 599 g/mol. The maximum atomic E-state index is 15.1. The molecule has 3 N–H and O–H groups in total. The molecule has 2 aliphatic rings. The summed E-state index contributed by atoms with van der Waals surface area (Å²) in [7, 11) is 4.30. The van der Waals surface area contributed by atoms with Gasteiger partial charge in [-0.25, -0.2) is 4.39 Å². The number of anilines is 2. The molecule has 0 spiro atoms. The molecule has 0 fully saturated rings. The summed E-state index contributed by atoms with van der Waals surface area (Å²) in [5.74, 6) is -0.917. The second-order valence-corrected chi connectivity index (χ2v) is 9.82. The first-order valence-electron chi connectivity index (χ1n) is 12.5. The summed E-state index contributed by atoms with van der Waals surface area (Å²) in [6.07, 6.45) is -5.94. The number of rotatable bonds is 5. The van der Waals surface area contributed by atoms with Gasteiger partial charge >= 0.3 is 12.2 Å². The van der Waals surface area contributed by atoms with Gasteiger partial charge in [0.1, 0.15) is 11.5 Å². The number of aromatic nitrogens is 4. The Balaban J connectivity index is 1.56. The maximum absolute atomic E-state index is 15.1. The highest BCUT2D eigenvalue weighted by atomic mass is 35.5. The summed E-state index contributed by atoms with van der Waals surface area (Å²) >= 11 is 5.88. The molecule has 0 radical (unpaired) electrons. The number of halogens is 5. The fraction of sp³-hybridized carbons (Fsp3) is 0.440. The third-order valence-corrected chi connectivity index (χ3v) is 7.32. The molecule has 5 rings (SSSR count). The highest BCUT2D eigenvalue weighted by Gasteiger charge is 2.42. The molecule has 4 heterocycles. The molecule has 0 saturated heterocycles. The lowest BCUT2D eigenvalue weighted by molar-refractivity contribution is -0.140. The number of benzene rings is 1. The summed E-state index contributed by atoms with van der Waals surface area (Å²) in [6.45, 7) is 1.02. The van der Waals surface area contributed by atoms with Crippen molar-refractivity contribution in [2.45, 2.75) is 44.8 Å². The number of hydrogen-bond donors (Lipinski definition) is 2. The van der Waals surface area contributed by atoms with Crippen LogP contribution in [0.5, 0.6) is 11.8 Å². The molecule has 0 aliphatic carbocycles. The van der Waals surface area contributed by atoms with E-state index in [1.807, 2.05) is 4.90 Å². The number of nitrogen functional groups attached to an aromatic ring is 1. The third-order valence-electron chi connectivity index (χ3n) is 7.02. The summed E-state index contributed by atoms with van der Waals surface area (Å²) in [6, 6.07) is 0.703. The van der Waals surface area contributed by atoms with Gasteiger partial charge in [-0.15, -0.1) is 0 Å². The van der Waals surface area contributed by atoms with Crippen LogP contribution in [0.15, 0.2) is 6.07 Å². The van der Waals surface area contributed by atoms with Crippen LogP contribution < -0.4 is 25.4 Å². The first-order valence-corrected chi connectivity index (χ1v) is 12.9. The second-order valence-electron chi connectivity index (χ2n) is 9.42. The second kappa shape index (κ2) is 10.9. The Labute approximate surface area is 236 Å². The van der Waals surface area contributed by atoms with Gasteiger partial charge in [0.2, 0.25) is 0 Å². The average Bonchev–Trinajstić information content (AvgIpc) is 3.15. The number of nitrogens with zero attached hydrogens (tertiary/aromatic N) is 5. The van der Waals surface area contributed by atoms with Gasteiger partial charge < -0.3 is 30.2 Å². The van der Waals surface area contributed by atoms with Gasteiger partial charge in [0, 0.05) is 37.7 Å². The molecule has 3 aromatic rings. The van der Waals surface area contributed by atoms with E-state index < -0.39 is 45.8 Å². The number of methoxy groups -OCH3 is 2. The van der Waals surface area contributed by atoms with Gasteiger partial charge in [-0.2, -0.15) is 28.2 Å². The molecule has 220 valence electrons. The van der Waals surface area contributed by atoms with E-state index >= 15 is 4.39 Å². The van der Waals surface area contributed by atoms with Crippen LogP contribution in [0.2, 0.25) is 5.02 Å². The highest BCUT2D eigenvalue weighted by molar-refractivity contribution is 6.31. The van der Waals surface area contributed by atoms with Crippen molar-refractivity contribution in [2.75, 3.05) is 38.4 Å². The number of aryl methyl sites for hydroxylation is 1. The van der Waals surface area contributed by atoms with Crippen LogP contribution in [0, 0.1) is 5.82 Å². The molecular weight excluding hydrogens is 574 g/mol. The van der Waals surface area contributed by atoms with Crippen molar-refractivity contribution in [3.05, 3.63) is 50.7 Å². The lowest BCUT2D eigenvalue weighted by atomic mass is 9.93. The van der Waals surface area contributed by atoms with Crippen LogP contribution >= 0.6 is 11.6 Å². The molecule has 11 nitrogen and oxygen atoms in total. The number of nitrogens with two attached hydrogens (primary N) is 1. The zero-order valence-electron chi connectivity index (χ0n) is 22.2. The first kappa shape index (κ1) is 28.7. The van der Waals surface area contributed by atoms with Crippen LogP contribution in [-0.2, 0) is 37.0 Å². The smallest absolute Gasteiger partial charge is 0.418 e. The van der Waals surface area contributed by atoms with E-state index in [1.54, 1.807) is 4.68 Å². The number of carbonyl (C=O) groups excluding carboxylic acids is 1. The lowest BCUT2D eigenvalue weighted by Crippen LogP contribution is -2.29. The van der Waals surface area contributed by atoms with Crippen LogP contribution in [0.25, 0.3) is 0 Å². The minimum absolute atomic E-state index is 0.0303. The minimum atomic E-state index is -4.96. The van der Waals surface area contributed by atoms with E-state index in [-0.39, 0.29) is 31.3 Å². The van der Waals surface area contributed by atoms with Crippen LogP contribution in [-0.4, -0.2) is 53.5 Å². The molecule has 2 aliphatic heterocycles. The molecule has 1 unspecified atom stereocenters. The molecule has 1 amide bonds. The van der Waals surface area contributed by atoms with E-state index in [2.05, 4.69) is 20.4 Å². The molecular formula is C25H26ClF4N7O4. The fourth-order valence-electron chi connectivity index (χ4n) is 5.18. The standard InChI is InChI=1S/C25H26ClF4N7O4/c1-32-23(38)20-21(39-2)15-9-36(5-4-6-37(15)35-20)22-11-10-41-16(8-14(11)33-24(34-22)40-3)17-18(25(28,29)30)12(26)7-13(31)19(17)27/h7,16H,4-6,8-10,31H2,1-3H3,(H,32,38). The Hall–Kier alpha value is -3.85. The molecule has 16 heteroatoms. The Bertz CT molecular complexity index is 1510. The van der Waals surface area contributed by atoms with Crippen LogP contribution in [0.4, 0.5) is 29.1 Å². The average molecular weight is 600 g/mol. The number of amides is 1. The molecule has 1 atom stereocenters. The van der Waals surface area contributed by atoms with E-state index in [0.717, 1.165) is 6.07 Å². The van der Waals surface area contributed by atoms with Gasteiger partial charge in [-0.3, -0.25) is 9.48 Å². The normalized spacial score (nSPS) is 17.0. The van der Waals surface area contributed by atoms with Gasteiger partial charge in [0.05, 0.1) is 55.4 Å². The van der Waals surface area contributed by atoms with Gasteiger partial charge in [0.25, 0.3) is 5.91 Å². The Morgan fingerprint density at radius 1 is 1.24 bits per heavy atom. The Kier molecular flexibility index (Phi) is 7.59. The Morgan fingerprint density at radius 3 is 2.66 bits per heavy atom. The molecule has 0 bridgehead atoms.